The zero-order valence-electron chi connectivity index (χ0n) is 12.3. The highest BCUT2D eigenvalue weighted by molar-refractivity contribution is 5.94. The van der Waals surface area contributed by atoms with Crippen molar-refractivity contribution in [2.45, 2.75) is 32.2 Å². The molecule has 0 amide bonds. The summed E-state index contributed by atoms with van der Waals surface area (Å²) in [5.41, 5.74) is 1.40. The van der Waals surface area contributed by atoms with E-state index in [9.17, 15) is 0 Å². The lowest BCUT2D eigenvalue weighted by Crippen LogP contribution is -2.39. The maximum Gasteiger partial charge on any atom is 0.0445 e. The Morgan fingerprint density at radius 3 is 2.85 bits per heavy atom. The first kappa shape index (κ1) is 13.4. The number of benzene rings is 2. The summed E-state index contributed by atoms with van der Waals surface area (Å²) in [5.74, 6) is 0. The van der Waals surface area contributed by atoms with E-state index in [0.717, 1.165) is 19.6 Å². The van der Waals surface area contributed by atoms with Gasteiger partial charge in [0.2, 0.25) is 0 Å². The largest absolute Gasteiger partial charge is 0.371 e. The molecule has 1 aliphatic heterocycles. The number of rotatable bonds is 2. The van der Waals surface area contributed by atoms with Crippen LogP contribution in [-0.2, 0) is 0 Å². The van der Waals surface area contributed by atoms with Gasteiger partial charge in [0.15, 0.2) is 0 Å². The van der Waals surface area contributed by atoms with Crippen LogP contribution in [0.2, 0.25) is 0 Å². The molecule has 106 valence electrons. The van der Waals surface area contributed by atoms with Gasteiger partial charge in [-0.3, -0.25) is 0 Å². The zero-order chi connectivity index (χ0) is 13.8. The lowest BCUT2D eigenvalue weighted by Gasteiger charge is -2.31. The molecule has 1 fully saturated rings. The van der Waals surface area contributed by atoms with Crippen molar-refractivity contribution in [1.29, 1.82) is 0 Å². The number of nitrogens with one attached hydrogen (secondary N) is 1. The van der Waals surface area contributed by atoms with Crippen LogP contribution >= 0.6 is 0 Å². The molecule has 3 rings (SSSR count). The van der Waals surface area contributed by atoms with E-state index in [0.29, 0.717) is 6.04 Å². The fraction of sp³-hybridized carbons (Fsp3) is 0.444. The molecule has 0 saturated carbocycles. The first-order chi connectivity index (χ1) is 9.88. The molecule has 0 radical (unpaired) electrons. The normalized spacial score (nSPS) is 20.6. The number of anilines is 1. The van der Waals surface area contributed by atoms with Crippen molar-refractivity contribution >= 4 is 16.5 Å². The van der Waals surface area contributed by atoms with E-state index >= 15 is 0 Å². The second-order valence-corrected chi connectivity index (χ2v) is 5.69. The Kier molecular flexibility index (Phi) is 4.22. The Morgan fingerprint density at radius 1 is 1.10 bits per heavy atom. The van der Waals surface area contributed by atoms with Gasteiger partial charge in [0.05, 0.1) is 0 Å². The number of hydrogen-bond donors (Lipinski definition) is 1. The molecule has 2 aromatic rings. The third kappa shape index (κ3) is 2.80. The minimum Gasteiger partial charge on any atom is -0.371 e. The molecule has 1 heterocycles. The van der Waals surface area contributed by atoms with E-state index in [1.54, 1.807) is 0 Å². The predicted octanol–water partition coefficient (Wildman–Crippen LogP) is 3.81. The first-order valence-electron chi connectivity index (χ1n) is 7.84. The highest BCUT2D eigenvalue weighted by atomic mass is 15.1. The predicted molar refractivity (Wildman–Crippen MR) is 87.5 cm³/mol. The summed E-state index contributed by atoms with van der Waals surface area (Å²) in [4.78, 5) is 2.58. The summed E-state index contributed by atoms with van der Waals surface area (Å²) < 4.78 is 0. The van der Waals surface area contributed by atoms with Gasteiger partial charge in [-0.25, -0.2) is 0 Å². The van der Waals surface area contributed by atoms with E-state index in [1.165, 1.54) is 35.7 Å². The molecule has 20 heavy (non-hydrogen) atoms. The van der Waals surface area contributed by atoms with Crippen molar-refractivity contribution in [2.24, 2.45) is 0 Å². The monoisotopic (exact) mass is 268 g/mol. The maximum absolute atomic E-state index is 3.65. The van der Waals surface area contributed by atoms with E-state index in [-0.39, 0.29) is 0 Å². The molecule has 0 aliphatic carbocycles. The molecule has 1 N–H and O–H groups in total. The highest BCUT2D eigenvalue weighted by Gasteiger charge is 2.15. The highest BCUT2D eigenvalue weighted by Crippen LogP contribution is 2.27. The maximum atomic E-state index is 3.65. The second kappa shape index (κ2) is 6.27. The molecule has 1 atom stereocenters. The molecule has 2 nitrogen and oxygen atoms in total. The van der Waals surface area contributed by atoms with Gasteiger partial charge in [0.25, 0.3) is 0 Å². The Labute approximate surface area is 121 Å². The van der Waals surface area contributed by atoms with Gasteiger partial charge < -0.3 is 10.2 Å². The van der Waals surface area contributed by atoms with Crippen LogP contribution in [0.4, 0.5) is 5.69 Å². The molecule has 0 bridgehead atoms. The smallest absolute Gasteiger partial charge is 0.0445 e. The van der Waals surface area contributed by atoms with E-state index in [1.807, 2.05) is 0 Å². The number of hydrogen-bond acceptors (Lipinski definition) is 2. The average molecular weight is 268 g/mol. The summed E-state index contributed by atoms with van der Waals surface area (Å²) in [6, 6.07) is 16.1. The van der Waals surface area contributed by atoms with Crippen molar-refractivity contribution in [3.8, 4) is 0 Å². The fourth-order valence-corrected chi connectivity index (χ4v) is 3.18. The van der Waals surface area contributed by atoms with Gasteiger partial charge in [-0.05, 0) is 37.3 Å². The van der Waals surface area contributed by atoms with E-state index in [2.05, 4.69) is 59.6 Å². The Hall–Kier alpha value is -1.54. The summed E-state index contributed by atoms with van der Waals surface area (Å²) in [6.07, 6.45) is 3.68. The quantitative estimate of drug-likeness (QED) is 0.891. The van der Waals surface area contributed by atoms with Crippen LogP contribution in [0.1, 0.15) is 26.2 Å². The first-order valence-corrected chi connectivity index (χ1v) is 7.84. The standard InChI is InChI=1S/C18H24N2/c1-2-16-11-14-20(13-6-12-19-16)18-10-5-8-15-7-3-4-9-17(15)18/h3-5,7-10,16,19H,2,6,11-14H2,1H3. The topological polar surface area (TPSA) is 15.3 Å². The minimum atomic E-state index is 0.674. The van der Waals surface area contributed by atoms with Gasteiger partial charge in [-0.2, -0.15) is 0 Å². The molecular formula is C18H24N2. The van der Waals surface area contributed by atoms with Crippen LogP contribution < -0.4 is 10.2 Å². The lowest BCUT2D eigenvalue weighted by molar-refractivity contribution is 0.439. The van der Waals surface area contributed by atoms with Crippen molar-refractivity contribution in [2.75, 3.05) is 24.5 Å². The van der Waals surface area contributed by atoms with Crippen molar-refractivity contribution in [1.82, 2.24) is 5.32 Å². The molecular weight excluding hydrogens is 244 g/mol. The molecule has 1 aliphatic rings. The third-order valence-corrected chi connectivity index (χ3v) is 4.39. The number of fused-ring (bicyclic) bond motifs is 1. The molecule has 0 spiro atoms. The SMILES string of the molecule is CCC1CCN(c2cccc3ccccc23)CCCN1. The van der Waals surface area contributed by atoms with Gasteiger partial charge in [0, 0.05) is 30.2 Å². The summed E-state index contributed by atoms with van der Waals surface area (Å²) in [5, 5.41) is 6.38. The van der Waals surface area contributed by atoms with Gasteiger partial charge in [-0.15, -0.1) is 0 Å². The van der Waals surface area contributed by atoms with Crippen LogP contribution in [0.15, 0.2) is 42.5 Å². The lowest BCUT2D eigenvalue weighted by atomic mass is 10.1. The minimum absolute atomic E-state index is 0.674. The van der Waals surface area contributed by atoms with Crippen LogP contribution in [0.3, 0.4) is 0 Å². The van der Waals surface area contributed by atoms with Gasteiger partial charge >= 0.3 is 0 Å². The Morgan fingerprint density at radius 2 is 1.95 bits per heavy atom. The van der Waals surface area contributed by atoms with Crippen LogP contribution in [0, 0.1) is 0 Å². The molecule has 2 aromatic carbocycles. The van der Waals surface area contributed by atoms with Crippen molar-refractivity contribution in [3.05, 3.63) is 42.5 Å². The molecule has 0 aromatic heterocycles. The second-order valence-electron chi connectivity index (χ2n) is 5.69. The van der Waals surface area contributed by atoms with Crippen molar-refractivity contribution in [3.63, 3.8) is 0 Å². The average Bonchev–Trinajstić information content (AvgIpc) is 2.47. The summed E-state index contributed by atoms with van der Waals surface area (Å²) >= 11 is 0. The van der Waals surface area contributed by atoms with Crippen molar-refractivity contribution < 1.29 is 0 Å². The zero-order valence-corrected chi connectivity index (χ0v) is 12.3. The third-order valence-electron chi connectivity index (χ3n) is 4.39. The number of nitrogens with zero attached hydrogens (tertiary/aromatic N) is 1. The van der Waals surface area contributed by atoms with Crippen LogP contribution in [0.25, 0.3) is 10.8 Å². The molecule has 2 heteroatoms. The Bertz CT molecular complexity index is 559. The van der Waals surface area contributed by atoms with Gasteiger partial charge in [0.1, 0.15) is 0 Å². The van der Waals surface area contributed by atoms with Gasteiger partial charge in [-0.1, -0.05) is 43.3 Å². The van der Waals surface area contributed by atoms with Crippen LogP contribution in [0.5, 0.6) is 0 Å². The van der Waals surface area contributed by atoms with E-state index in [4.69, 9.17) is 0 Å². The van der Waals surface area contributed by atoms with E-state index < -0.39 is 0 Å². The summed E-state index contributed by atoms with van der Waals surface area (Å²) in [7, 11) is 0. The van der Waals surface area contributed by atoms with Crippen LogP contribution in [-0.4, -0.2) is 25.7 Å². The fourth-order valence-electron chi connectivity index (χ4n) is 3.18. The molecule has 1 unspecified atom stereocenters. The molecule has 1 saturated heterocycles. The Balaban J connectivity index is 1.89. The summed E-state index contributed by atoms with van der Waals surface area (Å²) in [6.45, 7) is 5.72.